The number of ether oxygens (including phenoxy) is 1. The van der Waals surface area contributed by atoms with Crippen LogP contribution in [0, 0.1) is 5.92 Å². The monoisotopic (exact) mass is 446 g/mol. The van der Waals surface area contributed by atoms with E-state index in [1.807, 2.05) is 0 Å². The quantitative estimate of drug-likeness (QED) is 0.699. The minimum atomic E-state index is -5.51. The van der Waals surface area contributed by atoms with Crippen molar-refractivity contribution in [2.24, 2.45) is 5.92 Å². The van der Waals surface area contributed by atoms with E-state index >= 15 is 0 Å². The standard InChI is InChI=1S/C20H25F3N2O4S/c21-20(22,23)30(27,28)25-13-16-7-3-4-8-17(16)29-19(14-25)9-11-24(12-10-19)18(26)15-5-1-2-6-15/h3-4,7-8,15H,1-2,5-6,9-14H2. The second-order valence-corrected chi connectivity index (χ2v) is 10.3. The lowest BCUT2D eigenvalue weighted by Crippen LogP contribution is -2.56. The number of carbonyl (C=O) groups is 1. The van der Waals surface area contributed by atoms with Gasteiger partial charge >= 0.3 is 15.5 Å². The van der Waals surface area contributed by atoms with Crippen LogP contribution in [0.25, 0.3) is 0 Å². The molecule has 0 radical (unpaired) electrons. The maximum Gasteiger partial charge on any atom is 0.511 e. The van der Waals surface area contributed by atoms with Gasteiger partial charge in [0.05, 0.1) is 6.54 Å². The summed E-state index contributed by atoms with van der Waals surface area (Å²) in [6.07, 6.45) is 4.40. The summed E-state index contributed by atoms with van der Waals surface area (Å²) in [5.41, 5.74) is -6.09. The molecular weight excluding hydrogens is 421 g/mol. The highest BCUT2D eigenvalue weighted by Gasteiger charge is 2.54. The van der Waals surface area contributed by atoms with Crippen LogP contribution in [0.2, 0.25) is 0 Å². The molecule has 1 saturated carbocycles. The predicted molar refractivity (Wildman–Crippen MR) is 103 cm³/mol. The minimum Gasteiger partial charge on any atom is -0.485 e. The summed E-state index contributed by atoms with van der Waals surface area (Å²) < 4.78 is 71.0. The Bertz CT molecular complexity index is 905. The van der Waals surface area contributed by atoms with E-state index in [9.17, 15) is 26.4 Å². The van der Waals surface area contributed by atoms with Crippen LogP contribution in [0.4, 0.5) is 13.2 Å². The van der Waals surface area contributed by atoms with Gasteiger partial charge in [-0.3, -0.25) is 4.79 Å². The van der Waals surface area contributed by atoms with E-state index in [0.717, 1.165) is 25.7 Å². The number of likely N-dealkylation sites (tertiary alicyclic amines) is 1. The number of hydrogen-bond acceptors (Lipinski definition) is 4. The van der Waals surface area contributed by atoms with E-state index in [0.29, 0.717) is 28.7 Å². The van der Waals surface area contributed by atoms with Crippen LogP contribution in [0.5, 0.6) is 5.75 Å². The van der Waals surface area contributed by atoms with Crippen molar-refractivity contribution in [1.82, 2.24) is 9.21 Å². The Morgan fingerprint density at radius 3 is 2.37 bits per heavy atom. The van der Waals surface area contributed by atoms with Gasteiger partial charge in [-0.1, -0.05) is 31.0 Å². The first-order valence-electron chi connectivity index (χ1n) is 10.2. The number of piperidine rings is 1. The van der Waals surface area contributed by atoms with Gasteiger partial charge in [-0.15, -0.1) is 0 Å². The van der Waals surface area contributed by atoms with Crippen molar-refractivity contribution in [1.29, 1.82) is 0 Å². The highest BCUT2D eigenvalue weighted by molar-refractivity contribution is 7.89. The average Bonchev–Trinajstić information content (AvgIpc) is 3.17. The van der Waals surface area contributed by atoms with E-state index in [1.165, 1.54) is 0 Å². The molecule has 1 saturated heterocycles. The number of hydrogen-bond donors (Lipinski definition) is 0. The van der Waals surface area contributed by atoms with E-state index < -0.39 is 34.2 Å². The zero-order chi connectivity index (χ0) is 21.6. The molecule has 0 aromatic heterocycles. The fourth-order valence-electron chi connectivity index (χ4n) is 4.71. The summed E-state index contributed by atoms with van der Waals surface area (Å²) in [7, 11) is -5.51. The van der Waals surface area contributed by atoms with Gasteiger partial charge in [-0.25, -0.2) is 8.42 Å². The summed E-state index contributed by atoms with van der Waals surface area (Å²) in [4.78, 5) is 14.5. The third-order valence-electron chi connectivity index (χ3n) is 6.43. The summed E-state index contributed by atoms with van der Waals surface area (Å²) >= 11 is 0. The highest BCUT2D eigenvalue weighted by Crippen LogP contribution is 2.39. The molecule has 166 valence electrons. The zero-order valence-electron chi connectivity index (χ0n) is 16.5. The second kappa shape index (κ2) is 7.71. The Morgan fingerprint density at radius 2 is 1.73 bits per heavy atom. The van der Waals surface area contributed by atoms with Gasteiger partial charge in [0.25, 0.3) is 0 Å². The fraction of sp³-hybridized carbons (Fsp3) is 0.650. The molecule has 1 aliphatic carbocycles. The van der Waals surface area contributed by atoms with Gasteiger partial charge in [0, 0.05) is 44.0 Å². The number of benzene rings is 1. The van der Waals surface area contributed by atoms with Crippen LogP contribution >= 0.6 is 0 Å². The van der Waals surface area contributed by atoms with Gasteiger partial charge in [-0.05, 0) is 18.9 Å². The molecule has 2 fully saturated rings. The fourth-order valence-corrected chi connectivity index (χ4v) is 5.72. The Hall–Kier alpha value is -1.81. The molecule has 10 heteroatoms. The van der Waals surface area contributed by atoms with Gasteiger partial charge in [0.2, 0.25) is 5.91 Å². The third-order valence-corrected chi connectivity index (χ3v) is 7.96. The predicted octanol–water partition coefficient (Wildman–Crippen LogP) is 3.28. The zero-order valence-corrected chi connectivity index (χ0v) is 17.3. The molecule has 1 spiro atoms. The molecule has 6 nitrogen and oxygen atoms in total. The van der Waals surface area contributed by atoms with Crippen LogP contribution in [-0.2, 0) is 21.4 Å². The van der Waals surface area contributed by atoms with Crippen molar-refractivity contribution in [3.05, 3.63) is 29.8 Å². The van der Waals surface area contributed by atoms with E-state index in [4.69, 9.17) is 4.74 Å². The molecule has 0 bridgehead atoms. The van der Waals surface area contributed by atoms with E-state index in [1.54, 1.807) is 29.2 Å². The Balaban J connectivity index is 1.59. The number of halogens is 3. The van der Waals surface area contributed by atoms with Crippen molar-refractivity contribution in [3.8, 4) is 5.75 Å². The molecule has 4 rings (SSSR count). The topological polar surface area (TPSA) is 66.9 Å². The Labute approximate surface area is 174 Å². The molecule has 0 unspecified atom stereocenters. The molecular formula is C20H25F3N2O4S. The van der Waals surface area contributed by atoms with Crippen LogP contribution < -0.4 is 4.74 Å². The number of rotatable bonds is 2. The first-order chi connectivity index (χ1) is 14.1. The first-order valence-corrected chi connectivity index (χ1v) is 11.7. The van der Waals surface area contributed by atoms with Crippen LogP contribution in [0.15, 0.2) is 24.3 Å². The number of amides is 1. The van der Waals surface area contributed by atoms with Gasteiger partial charge in [-0.2, -0.15) is 17.5 Å². The second-order valence-electron chi connectivity index (χ2n) is 8.42. The highest BCUT2D eigenvalue weighted by atomic mass is 32.2. The SMILES string of the molecule is O=C(C1CCCC1)N1CCC2(CC1)CN(S(=O)(=O)C(F)(F)F)Cc1ccccc1O2. The van der Waals surface area contributed by atoms with Crippen LogP contribution in [-0.4, -0.2) is 54.3 Å². The van der Waals surface area contributed by atoms with Gasteiger partial charge < -0.3 is 9.64 Å². The number of fused-ring (bicyclic) bond motifs is 1. The molecule has 0 atom stereocenters. The molecule has 30 heavy (non-hydrogen) atoms. The summed E-state index contributed by atoms with van der Waals surface area (Å²) in [6.45, 7) is -0.103. The molecule has 0 N–H and O–H groups in total. The lowest BCUT2D eigenvalue weighted by molar-refractivity contribution is -0.139. The summed E-state index contributed by atoms with van der Waals surface area (Å²) in [6, 6.07) is 6.57. The number of carbonyl (C=O) groups excluding carboxylic acids is 1. The number of alkyl halides is 3. The maximum absolute atomic E-state index is 13.3. The molecule has 1 aromatic carbocycles. The normalized spacial score (nSPS) is 23.1. The first kappa shape index (κ1) is 21.4. The lowest BCUT2D eigenvalue weighted by Gasteiger charge is -2.43. The summed E-state index contributed by atoms with van der Waals surface area (Å²) in [5.74, 6) is 0.515. The molecule has 1 amide bonds. The largest absolute Gasteiger partial charge is 0.511 e. The molecule has 3 aliphatic rings. The Morgan fingerprint density at radius 1 is 1.10 bits per heavy atom. The van der Waals surface area contributed by atoms with Crippen molar-refractivity contribution in [3.63, 3.8) is 0 Å². The molecule has 2 aliphatic heterocycles. The number of nitrogens with zero attached hydrogens (tertiary/aromatic N) is 2. The van der Waals surface area contributed by atoms with Crippen molar-refractivity contribution in [2.45, 2.75) is 56.2 Å². The Kier molecular flexibility index (Phi) is 5.50. The van der Waals surface area contributed by atoms with Crippen molar-refractivity contribution < 1.29 is 31.1 Å². The van der Waals surface area contributed by atoms with Crippen molar-refractivity contribution >= 4 is 15.9 Å². The maximum atomic E-state index is 13.3. The van der Waals surface area contributed by atoms with E-state index in [-0.39, 0.29) is 24.7 Å². The smallest absolute Gasteiger partial charge is 0.485 e. The van der Waals surface area contributed by atoms with Crippen LogP contribution in [0.1, 0.15) is 44.1 Å². The third kappa shape index (κ3) is 3.91. The molecule has 1 aromatic rings. The van der Waals surface area contributed by atoms with Crippen LogP contribution in [0.3, 0.4) is 0 Å². The van der Waals surface area contributed by atoms with Gasteiger partial charge in [0.1, 0.15) is 11.4 Å². The number of sulfonamides is 1. The minimum absolute atomic E-state index is 0.0249. The molecule has 2 heterocycles. The van der Waals surface area contributed by atoms with E-state index in [2.05, 4.69) is 0 Å². The van der Waals surface area contributed by atoms with Crippen molar-refractivity contribution in [2.75, 3.05) is 19.6 Å². The average molecular weight is 446 g/mol. The lowest BCUT2D eigenvalue weighted by atomic mass is 9.90. The number of para-hydroxylation sites is 1. The summed E-state index contributed by atoms with van der Waals surface area (Å²) in [5, 5.41) is 0. The van der Waals surface area contributed by atoms with Gasteiger partial charge in [0.15, 0.2) is 0 Å².